The molecule has 10 nitrogen and oxygen atoms in total. The van der Waals surface area contributed by atoms with Gasteiger partial charge in [-0.25, -0.2) is 14.6 Å². The highest BCUT2D eigenvalue weighted by atomic mass is 19.4. The van der Waals surface area contributed by atoms with Crippen LogP contribution in [0.5, 0.6) is 0 Å². The van der Waals surface area contributed by atoms with E-state index in [4.69, 9.17) is 25.5 Å². The number of aliphatic carboxylic acids is 2. The third kappa shape index (κ3) is 12.2. The van der Waals surface area contributed by atoms with Crippen LogP contribution >= 0.6 is 0 Å². The van der Waals surface area contributed by atoms with Gasteiger partial charge in [0.25, 0.3) is 0 Å². The molecule has 2 aromatic heterocycles. The molecule has 19 heteroatoms. The molecule has 2 aromatic rings. The average Bonchev–Trinajstić information content (AvgIpc) is 3.27. The monoisotopic (exact) mass is 610 g/mol. The van der Waals surface area contributed by atoms with Crippen molar-refractivity contribution in [2.24, 2.45) is 11.7 Å². The van der Waals surface area contributed by atoms with Gasteiger partial charge in [0.15, 0.2) is 0 Å². The predicted molar refractivity (Wildman–Crippen MR) is 124 cm³/mol. The summed E-state index contributed by atoms with van der Waals surface area (Å²) in [5.41, 5.74) is 5.97. The minimum atomic E-state index is -5.08. The minimum absolute atomic E-state index is 0.376. The Morgan fingerprint density at radius 3 is 1.78 bits per heavy atom. The zero-order valence-electron chi connectivity index (χ0n) is 21.8. The number of hydrogen-bond donors (Lipinski definition) is 3. The smallest absolute Gasteiger partial charge is 0.475 e. The first-order chi connectivity index (χ1) is 18.4. The number of piperidine rings is 1. The molecule has 1 aliphatic rings. The maximum Gasteiger partial charge on any atom is 0.490 e. The number of rotatable bonds is 4. The number of halogens is 9. The van der Waals surface area contributed by atoms with Gasteiger partial charge < -0.3 is 20.8 Å². The van der Waals surface area contributed by atoms with E-state index in [-0.39, 0.29) is 0 Å². The third-order valence-electron chi connectivity index (χ3n) is 5.33. The lowest BCUT2D eigenvalue weighted by atomic mass is 9.96. The van der Waals surface area contributed by atoms with E-state index in [0.29, 0.717) is 30.5 Å². The Hall–Kier alpha value is -3.64. The normalized spacial score (nSPS) is 14.9. The lowest BCUT2D eigenvalue weighted by molar-refractivity contribution is -0.193. The Balaban J connectivity index is 0.000000497. The third-order valence-corrected chi connectivity index (χ3v) is 5.33. The Morgan fingerprint density at radius 1 is 0.951 bits per heavy atom. The first-order valence-electron chi connectivity index (χ1n) is 11.5. The molecular weight excluding hydrogens is 583 g/mol. The molecule has 0 radical (unpaired) electrons. The number of alkyl halides is 9. The molecule has 0 aliphatic carbocycles. The molecule has 0 unspecified atom stereocenters. The quantitative estimate of drug-likeness (QED) is 0.429. The van der Waals surface area contributed by atoms with Crippen LogP contribution in [0, 0.1) is 12.8 Å². The van der Waals surface area contributed by atoms with Crippen molar-refractivity contribution in [3.63, 3.8) is 0 Å². The summed E-state index contributed by atoms with van der Waals surface area (Å²) in [6.45, 7) is 7.41. The first-order valence-corrected chi connectivity index (χ1v) is 11.5. The number of hydrogen-bond acceptors (Lipinski definition) is 7. The van der Waals surface area contributed by atoms with Crippen molar-refractivity contribution in [1.82, 2.24) is 20.0 Å². The fraction of sp³-hybridized carbons (Fsp3) is 0.591. The fourth-order valence-corrected chi connectivity index (χ4v) is 3.27. The van der Waals surface area contributed by atoms with Crippen molar-refractivity contribution in [2.45, 2.75) is 64.2 Å². The first kappa shape index (κ1) is 35.4. The van der Waals surface area contributed by atoms with Crippen molar-refractivity contribution < 1.29 is 59.3 Å². The van der Waals surface area contributed by atoms with Gasteiger partial charge in [0.2, 0.25) is 0 Å². The van der Waals surface area contributed by atoms with Crippen LogP contribution in [0.3, 0.4) is 0 Å². The largest absolute Gasteiger partial charge is 0.490 e. The van der Waals surface area contributed by atoms with Crippen LogP contribution in [0.1, 0.15) is 43.6 Å². The molecule has 0 spiro atoms. The molecule has 3 heterocycles. The summed E-state index contributed by atoms with van der Waals surface area (Å²) >= 11 is 0. The summed E-state index contributed by atoms with van der Waals surface area (Å²) in [5.74, 6) is -4.72. The zero-order valence-corrected chi connectivity index (χ0v) is 21.8. The number of carboxylic acids is 2. The molecule has 0 aromatic carbocycles. The molecule has 3 rings (SSSR count). The highest BCUT2D eigenvalue weighted by Gasteiger charge is 2.39. The molecule has 0 bridgehead atoms. The van der Waals surface area contributed by atoms with E-state index in [0.717, 1.165) is 37.2 Å². The van der Waals surface area contributed by atoms with Crippen LogP contribution in [-0.2, 0) is 27.8 Å². The molecule has 0 atom stereocenters. The number of nitrogens with zero attached hydrogens (tertiary/aromatic N) is 5. The second-order valence-corrected chi connectivity index (χ2v) is 9.44. The SMILES string of the molecule is Cc1cc(C(F)(F)F)cc(N2CCC(Cn3cc(C(C)(C)N)nn3)CC2)n1.O=C(O)C(F)(F)F.O=C(O)C(F)(F)F. The van der Waals surface area contributed by atoms with Gasteiger partial charge in [-0.15, -0.1) is 5.10 Å². The Morgan fingerprint density at radius 2 is 1.41 bits per heavy atom. The summed E-state index contributed by atoms with van der Waals surface area (Å²) in [7, 11) is 0. The highest BCUT2D eigenvalue weighted by molar-refractivity contribution is 5.73. The molecule has 1 fully saturated rings. The molecule has 4 N–H and O–H groups in total. The Kier molecular flexibility index (Phi) is 11.5. The number of carboxylic acid groups (broad SMARTS) is 2. The number of anilines is 1. The van der Waals surface area contributed by atoms with Gasteiger partial charge >= 0.3 is 30.5 Å². The van der Waals surface area contributed by atoms with Crippen LogP contribution in [0.2, 0.25) is 0 Å². The number of aromatic nitrogens is 4. The van der Waals surface area contributed by atoms with E-state index in [1.54, 1.807) is 11.6 Å². The molecule has 0 amide bonds. The van der Waals surface area contributed by atoms with E-state index < -0.39 is 41.6 Å². The van der Waals surface area contributed by atoms with Gasteiger partial charge in [0.1, 0.15) is 11.5 Å². The number of carbonyl (C=O) groups is 2. The van der Waals surface area contributed by atoms with Crippen molar-refractivity contribution in [1.29, 1.82) is 0 Å². The standard InChI is InChI=1S/C18H25F3N6.2C2HF3O2/c1-12-8-14(18(19,20)21)9-16(23-12)26-6-4-13(5-7-26)10-27-11-15(24-25-27)17(2,3)22;2*3-2(4,5)1(6)7/h8-9,11,13H,4-7,10,22H2,1-3H3;2*(H,6,7). The maximum absolute atomic E-state index is 13.0. The number of pyridine rings is 1. The molecule has 232 valence electrons. The topological polar surface area (TPSA) is 147 Å². The molecule has 1 saturated heterocycles. The predicted octanol–water partition coefficient (Wildman–Crippen LogP) is 4.38. The van der Waals surface area contributed by atoms with E-state index in [9.17, 15) is 39.5 Å². The number of nitrogens with two attached hydrogens (primary N) is 1. The second-order valence-electron chi connectivity index (χ2n) is 9.44. The van der Waals surface area contributed by atoms with Crippen LogP contribution in [0.15, 0.2) is 18.3 Å². The Labute approximate surface area is 226 Å². The lowest BCUT2D eigenvalue weighted by Gasteiger charge is -2.33. The number of aryl methyl sites for hydroxylation is 1. The van der Waals surface area contributed by atoms with E-state index >= 15 is 0 Å². The van der Waals surface area contributed by atoms with Crippen LogP contribution in [-0.4, -0.2) is 67.6 Å². The second kappa shape index (κ2) is 13.3. The van der Waals surface area contributed by atoms with Gasteiger partial charge in [-0.05, 0) is 51.7 Å². The molecular formula is C22H27F9N6O4. The maximum atomic E-state index is 13.0. The van der Waals surface area contributed by atoms with E-state index in [1.165, 1.54) is 0 Å². The van der Waals surface area contributed by atoms with Crippen molar-refractivity contribution in [2.75, 3.05) is 18.0 Å². The minimum Gasteiger partial charge on any atom is -0.475 e. The van der Waals surface area contributed by atoms with Crippen molar-refractivity contribution >= 4 is 17.8 Å². The molecule has 0 saturated carbocycles. The molecule has 41 heavy (non-hydrogen) atoms. The van der Waals surface area contributed by atoms with Gasteiger partial charge in [0, 0.05) is 25.3 Å². The summed E-state index contributed by atoms with van der Waals surface area (Å²) < 4.78 is 104. The lowest BCUT2D eigenvalue weighted by Crippen LogP contribution is -2.36. The van der Waals surface area contributed by atoms with Crippen molar-refractivity contribution in [3.8, 4) is 0 Å². The zero-order chi connectivity index (χ0) is 32.0. The van der Waals surface area contributed by atoms with Gasteiger partial charge in [-0.3, -0.25) is 4.68 Å². The Bertz CT molecular complexity index is 1140. The van der Waals surface area contributed by atoms with E-state index in [1.807, 2.05) is 24.9 Å². The summed E-state index contributed by atoms with van der Waals surface area (Å²) in [6.07, 6.45) is -10.9. The van der Waals surface area contributed by atoms with Crippen molar-refractivity contribution in [3.05, 3.63) is 35.3 Å². The molecule has 1 aliphatic heterocycles. The van der Waals surface area contributed by atoms with Gasteiger partial charge in [0.05, 0.1) is 17.3 Å². The summed E-state index contributed by atoms with van der Waals surface area (Å²) in [4.78, 5) is 24.0. The van der Waals surface area contributed by atoms with Gasteiger partial charge in [-0.2, -0.15) is 39.5 Å². The van der Waals surface area contributed by atoms with Crippen LogP contribution < -0.4 is 10.6 Å². The highest BCUT2D eigenvalue weighted by Crippen LogP contribution is 2.33. The fourth-order valence-electron chi connectivity index (χ4n) is 3.27. The summed E-state index contributed by atoms with van der Waals surface area (Å²) in [5, 5.41) is 22.5. The van der Waals surface area contributed by atoms with E-state index in [2.05, 4.69) is 15.3 Å². The van der Waals surface area contributed by atoms with Crippen LogP contribution in [0.4, 0.5) is 45.3 Å². The summed E-state index contributed by atoms with van der Waals surface area (Å²) in [6, 6.07) is 2.22. The van der Waals surface area contributed by atoms with Crippen LogP contribution in [0.25, 0.3) is 0 Å². The van der Waals surface area contributed by atoms with Gasteiger partial charge in [-0.1, -0.05) is 5.21 Å². The average molecular weight is 610 g/mol.